The predicted molar refractivity (Wildman–Crippen MR) is 102 cm³/mol. The molecule has 0 saturated heterocycles. The number of anilines is 1. The van der Waals surface area contributed by atoms with Crippen molar-refractivity contribution in [3.05, 3.63) is 53.1 Å². The minimum atomic E-state index is -0.237. The molecule has 0 heterocycles. The molecule has 25 heavy (non-hydrogen) atoms. The van der Waals surface area contributed by atoms with Crippen molar-refractivity contribution in [2.75, 3.05) is 24.7 Å². The van der Waals surface area contributed by atoms with Crippen LogP contribution in [0.3, 0.4) is 0 Å². The first-order chi connectivity index (χ1) is 12.0. The SMILES string of the molecule is CCNC(=O)c1ccc(NC(=O)CSc2cccc(OC)c2)cc1Cl. The number of thioether (sulfide) groups is 1. The molecule has 0 spiro atoms. The van der Waals surface area contributed by atoms with Gasteiger partial charge in [-0.05, 0) is 43.3 Å². The maximum absolute atomic E-state index is 12.1. The molecule has 0 unspecified atom stereocenters. The summed E-state index contributed by atoms with van der Waals surface area (Å²) in [5.41, 5.74) is 0.932. The monoisotopic (exact) mass is 378 g/mol. The van der Waals surface area contributed by atoms with E-state index in [1.54, 1.807) is 25.3 Å². The highest BCUT2D eigenvalue weighted by Gasteiger charge is 2.11. The van der Waals surface area contributed by atoms with Crippen LogP contribution in [0.25, 0.3) is 0 Å². The number of rotatable bonds is 7. The second-order valence-electron chi connectivity index (χ2n) is 5.07. The van der Waals surface area contributed by atoms with Crippen molar-refractivity contribution in [1.29, 1.82) is 0 Å². The Morgan fingerprint density at radius 2 is 2.00 bits per heavy atom. The number of ether oxygens (including phenoxy) is 1. The summed E-state index contributed by atoms with van der Waals surface area (Å²) in [7, 11) is 1.60. The third kappa shape index (κ3) is 5.69. The topological polar surface area (TPSA) is 67.4 Å². The van der Waals surface area contributed by atoms with Gasteiger partial charge in [-0.15, -0.1) is 11.8 Å². The Hall–Kier alpha value is -2.18. The Bertz CT molecular complexity index is 768. The Morgan fingerprint density at radius 3 is 2.68 bits per heavy atom. The largest absolute Gasteiger partial charge is 0.497 e. The van der Waals surface area contributed by atoms with Crippen LogP contribution in [0, 0.1) is 0 Å². The van der Waals surface area contributed by atoms with Gasteiger partial charge in [0.25, 0.3) is 5.91 Å². The lowest BCUT2D eigenvalue weighted by Crippen LogP contribution is -2.23. The molecule has 0 saturated carbocycles. The summed E-state index contributed by atoms with van der Waals surface area (Å²) in [5.74, 6) is 0.606. The van der Waals surface area contributed by atoms with Gasteiger partial charge in [-0.3, -0.25) is 9.59 Å². The highest BCUT2D eigenvalue weighted by Crippen LogP contribution is 2.24. The maximum atomic E-state index is 12.1. The van der Waals surface area contributed by atoms with E-state index < -0.39 is 0 Å². The van der Waals surface area contributed by atoms with Crippen molar-refractivity contribution >= 4 is 40.9 Å². The molecule has 7 heteroatoms. The van der Waals surface area contributed by atoms with E-state index in [1.165, 1.54) is 11.8 Å². The van der Waals surface area contributed by atoms with E-state index in [2.05, 4.69) is 10.6 Å². The lowest BCUT2D eigenvalue weighted by atomic mass is 10.2. The van der Waals surface area contributed by atoms with Crippen LogP contribution in [0.2, 0.25) is 5.02 Å². The Balaban J connectivity index is 1.94. The number of carbonyl (C=O) groups excluding carboxylic acids is 2. The van der Waals surface area contributed by atoms with Crippen molar-refractivity contribution in [3.8, 4) is 5.75 Å². The summed E-state index contributed by atoms with van der Waals surface area (Å²) in [4.78, 5) is 24.8. The third-order valence-electron chi connectivity index (χ3n) is 3.25. The molecule has 0 radical (unpaired) electrons. The Morgan fingerprint density at radius 1 is 1.20 bits per heavy atom. The molecule has 0 aromatic heterocycles. The lowest BCUT2D eigenvalue weighted by Gasteiger charge is -2.09. The summed E-state index contributed by atoms with van der Waals surface area (Å²) in [6, 6.07) is 12.3. The zero-order chi connectivity index (χ0) is 18.2. The minimum Gasteiger partial charge on any atom is -0.497 e. The first kappa shape index (κ1) is 19.1. The lowest BCUT2D eigenvalue weighted by molar-refractivity contribution is -0.113. The fourth-order valence-corrected chi connectivity index (χ4v) is 3.08. The Labute approximate surface area is 156 Å². The normalized spacial score (nSPS) is 10.2. The van der Waals surface area contributed by atoms with Crippen LogP contribution in [0.5, 0.6) is 5.75 Å². The van der Waals surface area contributed by atoms with Crippen LogP contribution in [0.4, 0.5) is 5.69 Å². The van der Waals surface area contributed by atoms with E-state index in [4.69, 9.17) is 16.3 Å². The first-order valence-corrected chi connectivity index (χ1v) is 9.04. The van der Waals surface area contributed by atoms with Crippen molar-refractivity contribution in [2.45, 2.75) is 11.8 Å². The molecule has 2 aromatic rings. The highest BCUT2D eigenvalue weighted by atomic mass is 35.5. The number of nitrogens with one attached hydrogen (secondary N) is 2. The second-order valence-corrected chi connectivity index (χ2v) is 6.53. The van der Waals surface area contributed by atoms with Gasteiger partial charge in [0.2, 0.25) is 5.91 Å². The summed E-state index contributed by atoms with van der Waals surface area (Å²) < 4.78 is 5.16. The van der Waals surface area contributed by atoms with Gasteiger partial charge < -0.3 is 15.4 Å². The van der Waals surface area contributed by atoms with Gasteiger partial charge in [0.1, 0.15) is 5.75 Å². The molecule has 5 nitrogen and oxygen atoms in total. The molecule has 0 atom stereocenters. The number of halogens is 1. The van der Waals surface area contributed by atoms with Gasteiger partial charge in [0, 0.05) is 17.1 Å². The fraction of sp³-hybridized carbons (Fsp3) is 0.222. The zero-order valence-corrected chi connectivity index (χ0v) is 15.5. The van der Waals surface area contributed by atoms with Gasteiger partial charge in [0.15, 0.2) is 0 Å². The minimum absolute atomic E-state index is 0.158. The molecular formula is C18H19ClN2O3S. The molecule has 132 valence electrons. The maximum Gasteiger partial charge on any atom is 0.252 e. The quantitative estimate of drug-likeness (QED) is 0.718. The number of amides is 2. The highest BCUT2D eigenvalue weighted by molar-refractivity contribution is 8.00. The first-order valence-electron chi connectivity index (χ1n) is 7.68. The van der Waals surface area contributed by atoms with Gasteiger partial charge in [-0.25, -0.2) is 0 Å². The molecule has 0 aliphatic rings. The average molecular weight is 379 g/mol. The van der Waals surface area contributed by atoms with E-state index in [9.17, 15) is 9.59 Å². The molecule has 0 aliphatic heterocycles. The van der Waals surface area contributed by atoms with E-state index in [0.717, 1.165) is 10.6 Å². The zero-order valence-electron chi connectivity index (χ0n) is 14.0. The number of methoxy groups -OCH3 is 1. The van der Waals surface area contributed by atoms with E-state index >= 15 is 0 Å². The smallest absolute Gasteiger partial charge is 0.252 e. The number of carbonyl (C=O) groups is 2. The molecule has 2 aromatic carbocycles. The van der Waals surface area contributed by atoms with Crippen LogP contribution in [0.1, 0.15) is 17.3 Å². The van der Waals surface area contributed by atoms with Gasteiger partial charge in [0.05, 0.1) is 23.4 Å². The van der Waals surface area contributed by atoms with Gasteiger partial charge in [-0.1, -0.05) is 17.7 Å². The summed E-state index contributed by atoms with van der Waals surface area (Å²) in [6.45, 7) is 2.36. The van der Waals surface area contributed by atoms with Crippen molar-refractivity contribution in [3.63, 3.8) is 0 Å². The molecule has 2 amide bonds. The summed E-state index contributed by atoms with van der Waals surface area (Å²) in [5, 5.41) is 5.75. The van der Waals surface area contributed by atoms with Crippen molar-refractivity contribution in [2.24, 2.45) is 0 Å². The van der Waals surface area contributed by atoms with E-state index in [1.807, 2.05) is 31.2 Å². The number of benzene rings is 2. The third-order valence-corrected chi connectivity index (χ3v) is 4.55. The molecule has 2 N–H and O–H groups in total. The average Bonchev–Trinajstić information content (AvgIpc) is 2.60. The standard InChI is InChI=1S/C18H19ClN2O3S/c1-3-20-18(23)15-8-7-12(9-16(15)19)21-17(22)11-25-14-6-4-5-13(10-14)24-2/h4-10H,3,11H2,1-2H3,(H,20,23)(H,21,22). The predicted octanol–water partition coefficient (Wildman–Crippen LogP) is 3.83. The van der Waals surface area contributed by atoms with E-state index in [0.29, 0.717) is 22.8 Å². The van der Waals surface area contributed by atoms with Crippen LogP contribution < -0.4 is 15.4 Å². The molecule has 0 bridgehead atoms. The second kappa shape index (κ2) is 9.34. The van der Waals surface area contributed by atoms with Crippen molar-refractivity contribution < 1.29 is 14.3 Å². The van der Waals surface area contributed by atoms with Crippen LogP contribution in [0.15, 0.2) is 47.4 Å². The Kier molecular flexibility index (Phi) is 7.16. The molecule has 0 fully saturated rings. The molecule has 2 rings (SSSR count). The number of hydrogen-bond acceptors (Lipinski definition) is 4. The van der Waals surface area contributed by atoms with E-state index in [-0.39, 0.29) is 17.6 Å². The van der Waals surface area contributed by atoms with Gasteiger partial charge >= 0.3 is 0 Å². The summed E-state index contributed by atoms with van der Waals surface area (Å²) >= 11 is 7.53. The summed E-state index contributed by atoms with van der Waals surface area (Å²) in [6.07, 6.45) is 0. The molecular weight excluding hydrogens is 360 g/mol. The van der Waals surface area contributed by atoms with Crippen LogP contribution in [-0.2, 0) is 4.79 Å². The number of hydrogen-bond donors (Lipinski definition) is 2. The fourth-order valence-electron chi connectivity index (χ4n) is 2.07. The van der Waals surface area contributed by atoms with Gasteiger partial charge in [-0.2, -0.15) is 0 Å². The molecule has 0 aliphatic carbocycles. The van der Waals surface area contributed by atoms with Crippen LogP contribution in [-0.4, -0.2) is 31.2 Å². The van der Waals surface area contributed by atoms with Crippen molar-refractivity contribution in [1.82, 2.24) is 5.32 Å². The van der Waals surface area contributed by atoms with Crippen LogP contribution >= 0.6 is 23.4 Å².